The lowest BCUT2D eigenvalue weighted by Crippen LogP contribution is -2.50. The van der Waals surface area contributed by atoms with Crippen molar-refractivity contribution in [2.24, 2.45) is 5.73 Å². The second kappa shape index (κ2) is 18.4. The number of carboxylic acids is 1. The van der Waals surface area contributed by atoms with Crippen LogP contribution in [0.2, 0.25) is 10.0 Å². The normalized spacial score (nSPS) is 16.9. The van der Waals surface area contributed by atoms with Crippen LogP contribution in [-0.4, -0.2) is 85.2 Å². The molecule has 1 heterocycles. The Morgan fingerprint density at radius 3 is 2.43 bits per heavy atom. The number of methoxy groups -OCH3 is 1. The van der Waals surface area contributed by atoms with Gasteiger partial charge in [0.05, 0.1) is 22.2 Å². The summed E-state index contributed by atoms with van der Waals surface area (Å²) < 4.78 is 5.71. The molecule has 0 spiro atoms. The molecule has 1 saturated heterocycles. The Bertz CT molecular complexity index is 1420. The molecule has 0 radical (unpaired) electrons. The molecule has 2 unspecified atom stereocenters. The number of guanidine groups is 1. The largest absolute Gasteiger partial charge is 0.480 e. The van der Waals surface area contributed by atoms with Gasteiger partial charge in [0.25, 0.3) is 11.8 Å². The number of anilines is 1. The first-order valence-corrected chi connectivity index (χ1v) is 16.2. The Morgan fingerprint density at radius 1 is 1.06 bits per heavy atom. The summed E-state index contributed by atoms with van der Waals surface area (Å²) >= 11 is 13.1. The molecule has 0 aliphatic carbocycles. The van der Waals surface area contributed by atoms with Crippen LogP contribution in [0.4, 0.5) is 5.69 Å². The number of carbonyl (C=O) groups is 4. The van der Waals surface area contributed by atoms with E-state index in [9.17, 15) is 24.3 Å². The number of hydrogen-bond donors (Lipinski definition) is 7. The molecule has 1 fully saturated rings. The smallest absolute Gasteiger partial charge is 0.328 e. The number of rotatable bonds is 16. The zero-order valence-corrected chi connectivity index (χ0v) is 28.0. The fraction of sp³-hybridized carbons (Fsp3) is 0.469. The average molecular weight is 693 g/mol. The van der Waals surface area contributed by atoms with Crippen molar-refractivity contribution in [1.29, 1.82) is 5.41 Å². The van der Waals surface area contributed by atoms with E-state index in [1.165, 1.54) is 18.6 Å². The minimum absolute atomic E-state index is 0.0433. The van der Waals surface area contributed by atoms with Gasteiger partial charge >= 0.3 is 5.97 Å². The third kappa shape index (κ3) is 11.4. The monoisotopic (exact) mass is 691 g/mol. The predicted octanol–water partition coefficient (Wildman–Crippen LogP) is 3.76. The summed E-state index contributed by atoms with van der Waals surface area (Å²) in [5.74, 6) is -3.63. The average Bonchev–Trinajstić information content (AvgIpc) is 3.03. The number of aliphatic carboxylic acids is 1. The summed E-state index contributed by atoms with van der Waals surface area (Å²) in [7, 11) is 1.72. The number of nitrogens with two attached hydrogens (primary N) is 1. The van der Waals surface area contributed by atoms with E-state index in [0.29, 0.717) is 5.69 Å². The molecule has 0 bridgehead atoms. The van der Waals surface area contributed by atoms with Gasteiger partial charge in [-0.05, 0) is 61.1 Å². The van der Waals surface area contributed by atoms with Gasteiger partial charge in [-0.1, -0.05) is 55.5 Å². The van der Waals surface area contributed by atoms with Crippen LogP contribution in [0.5, 0.6) is 0 Å². The highest BCUT2D eigenvalue weighted by atomic mass is 35.5. The highest BCUT2D eigenvalue weighted by Crippen LogP contribution is 2.35. The molecule has 8 N–H and O–H groups in total. The van der Waals surface area contributed by atoms with E-state index in [2.05, 4.69) is 33.1 Å². The van der Waals surface area contributed by atoms with E-state index in [1.54, 1.807) is 31.4 Å². The van der Waals surface area contributed by atoms with Crippen LogP contribution >= 0.6 is 23.2 Å². The van der Waals surface area contributed by atoms with Crippen molar-refractivity contribution >= 4 is 58.5 Å². The zero-order valence-electron chi connectivity index (χ0n) is 26.5. The van der Waals surface area contributed by atoms with Crippen LogP contribution in [0.3, 0.4) is 0 Å². The predicted molar refractivity (Wildman–Crippen MR) is 181 cm³/mol. The van der Waals surface area contributed by atoms with E-state index in [1.807, 2.05) is 0 Å². The van der Waals surface area contributed by atoms with Gasteiger partial charge in [-0.15, -0.1) is 0 Å². The summed E-state index contributed by atoms with van der Waals surface area (Å²) in [6.45, 7) is 2.94. The molecule has 15 heteroatoms. The second-order valence-electron chi connectivity index (χ2n) is 11.4. The number of carbonyl (C=O) groups excluding carboxylic acids is 3. The lowest BCUT2D eigenvalue weighted by molar-refractivity contribution is -0.139. The lowest BCUT2D eigenvalue weighted by atomic mass is 9.89. The molecule has 0 aromatic heterocycles. The number of nitrogens with zero attached hydrogens (tertiary/aromatic N) is 1. The summed E-state index contributed by atoms with van der Waals surface area (Å²) in [5, 5.41) is 26.9. The Labute approximate surface area is 284 Å². The van der Waals surface area contributed by atoms with Crippen molar-refractivity contribution in [3.05, 3.63) is 63.1 Å². The van der Waals surface area contributed by atoms with Crippen LogP contribution in [0, 0.1) is 5.41 Å². The second-order valence-corrected chi connectivity index (χ2v) is 12.2. The number of benzene rings is 2. The molecule has 13 nitrogen and oxygen atoms in total. The van der Waals surface area contributed by atoms with E-state index >= 15 is 0 Å². The molecule has 1 aliphatic rings. The maximum Gasteiger partial charge on any atom is 0.328 e. The molecule has 3 atom stereocenters. The van der Waals surface area contributed by atoms with Crippen LogP contribution in [0.25, 0.3) is 0 Å². The van der Waals surface area contributed by atoms with E-state index in [-0.39, 0.29) is 39.3 Å². The molecular formula is C32H43Cl2N7O6. The first-order valence-electron chi connectivity index (χ1n) is 15.5. The fourth-order valence-electron chi connectivity index (χ4n) is 5.44. The van der Waals surface area contributed by atoms with Crippen LogP contribution in [0.1, 0.15) is 77.6 Å². The molecule has 2 aromatic carbocycles. The number of nitrogens with one attached hydrogen (secondary N) is 5. The molecule has 47 heavy (non-hydrogen) atoms. The van der Waals surface area contributed by atoms with Crippen LogP contribution in [-0.2, 0) is 14.3 Å². The number of likely N-dealkylation sites (tertiary alicyclic amines) is 1. The minimum atomic E-state index is -1.51. The quantitative estimate of drug-likeness (QED) is 0.0778. The Morgan fingerprint density at radius 2 is 1.79 bits per heavy atom. The number of halogens is 2. The maximum absolute atomic E-state index is 13.1. The number of carboxylic acid groups (broad SMARTS) is 1. The number of hydrogen-bond acceptors (Lipinski definition) is 7. The molecule has 0 saturated carbocycles. The fourth-order valence-corrected chi connectivity index (χ4v) is 6.12. The molecule has 256 valence electrons. The number of ether oxygens (including phenoxy) is 1. The van der Waals surface area contributed by atoms with Crippen molar-refractivity contribution in [2.45, 2.75) is 63.6 Å². The number of piperidine rings is 1. The van der Waals surface area contributed by atoms with E-state index in [4.69, 9.17) is 39.1 Å². The van der Waals surface area contributed by atoms with Gasteiger partial charge in [-0.3, -0.25) is 24.7 Å². The number of unbranched alkanes of at least 4 members (excludes halogenated alkanes) is 3. The van der Waals surface area contributed by atoms with Gasteiger partial charge in [0.2, 0.25) is 5.91 Å². The van der Waals surface area contributed by atoms with Crippen LogP contribution < -0.4 is 27.0 Å². The van der Waals surface area contributed by atoms with Crippen LogP contribution in [0.15, 0.2) is 36.4 Å². The maximum atomic E-state index is 13.1. The van der Waals surface area contributed by atoms with Gasteiger partial charge in [-0.2, -0.15) is 0 Å². The highest BCUT2D eigenvalue weighted by molar-refractivity contribution is 6.39. The Balaban J connectivity index is 1.57. The van der Waals surface area contributed by atoms with Gasteiger partial charge in [0, 0.05) is 38.0 Å². The van der Waals surface area contributed by atoms with Crippen molar-refractivity contribution in [1.82, 2.24) is 20.9 Å². The van der Waals surface area contributed by atoms with E-state index < -0.39 is 42.8 Å². The van der Waals surface area contributed by atoms with Gasteiger partial charge in [-0.25, -0.2) is 4.79 Å². The van der Waals surface area contributed by atoms with Crippen molar-refractivity contribution in [3.63, 3.8) is 0 Å². The first kappa shape index (κ1) is 37.5. The molecule has 3 amide bonds. The molecule has 3 rings (SSSR count). The SMILES string of the molecule is CCCCCCN1CC(c2cc(Cl)c(C(=O)N[C@@H](CNC(=O)CNC(=O)c3cccc(NC(=N)N)c3)C(=O)O)c(Cl)c2)CCC1OC. The summed E-state index contributed by atoms with van der Waals surface area (Å²) in [6.07, 6.45) is 6.33. The zero-order chi connectivity index (χ0) is 34.5. The van der Waals surface area contributed by atoms with Gasteiger partial charge in [0.1, 0.15) is 12.3 Å². The first-order chi connectivity index (χ1) is 22.4. The Kier molecular flexibility index (Phi) is 14.7. The molecule has 1 aliphatic heterocycles. The minimum Gasteiger partial charge on any atom is -0.480 e. The summed E-state index contributed by atoms with van der Waals surface area (Å²) in [6, 6.07) is 8.02. The Hall–Kier alpha value is -3.91. The third-order valence-electron chi connectivity index (χ3n) is 7.88. The standard InChI is InChI=1S/C32H43Cl2N7O6/c1-3-4-5-6-12-41-18-20(10-11-27(41)47-2)21-14-23(33)28(24(34)15-21)30(44)40-25(31(45)46)16-37-26(42)17-38-29(43)19-8-7-9-22(13-19)39-32(35)36/h7-9,13-15,20,25,27H,3-6,10-12,16-18H2,1-2H3,(H,37,42)(H,38,43)(H,40,44)(H,45,46)(H4,35,36,39)/t20?,25-,27?/m0/s1. The molecular weight excluding hydrogens is 649 g/mol. The van der Waals surface area contributed by atoms with Crippen molar-refractivity contribution in [3.8, 4) is 0 Å². The topological polar surface area (TPSA) is 199 Å². The van der Waals surface area contributed by atoms with Gasteiger partial charge in [0.15, 0.2) is 5.96 Å². The van der Waals surface area contributed by atoms with E-state index in [0.717, 1.165) is 50.8 Å². The lowest BCUT2D eigenvalue weighted by Gasteiger charge is -2.39. The van der Waals surface area contributed by atoms with Crippen molar-refractivity contribution < 1.29 is 29.0 Å². The molecule has 2 aromatic rings. The third-order valence-corrected chi connectivity index (χ3v) is 8.47. The van der Waals surface area contributed by atoms with Crippen molar-refractivity contribution in [2.75, 3.05) is 38.6 Å². The van der Waals surface area contributed by atoms with Gasteiger partial charge < -0.3 is 36.8 Å². The number of amides is 3. The summed E-state index contributed by atoms with van der Waals surface area (Å²) in [4.78, 5) is 52.2. The highest BCUT2D eigenvalue weighted by Gasteiger charge is 2.30. The summed E-state index contributed by atoms with van der Waals surface area (Å²) in [5.41, 5.74) is 6.75.